The molecule has 5 N–H and O–H groups in total. The quantitative estimate of drug-likeness (QED) is 0.126. The largest absolute Gasteiger partial charge is 0.508 e. The predicted molar refractivity (Wildman–Crippen MR) is 213 cm³/mol. The summed E-state index contributed by atoms with van der Waals surface area (Å²) < 4.78 is 25.5. The third kappa shape index (κ3) is 5.83. The summed E-state index contributed by atoms with van der Waals surface area (Å²) >= 11 is 0. The number of nitrogens with two attached hydrogens (primary N) is 1. The van der Waals surface area contributed by atoms with Crippen LogP contribution in [0.4, 0.5) is 5.82 Å². The van der Waals surface area contributed by atoms with Crippen molar-refractivity contribution in [2.75, 3.05) is 33.1 Å². The number of carbonyl (C=O) groups is 1. The molecule has 56 heavy (non-hydrogen) atoms. The number of phenols is 2. The number of aromatic hydroxyl groups is 2. The van der Waals surface area contributed by atoms with Crippen molar-refractivity contribution in [2.45, 2.75) is 82.3 Å². The third-order valence-corrected chi connectivity index (χ3v) is 12.7. The number of hydrogen-bond acceptors (Lipinski definition) is 10. The minimum atomic E-state index is -0.614. The first kappa shape index (κ1) is 36.0. The number of fused-ring (bicyclic) bond motifs is 9. The molecule has 5 aliphatic rings. The van der Waals surface area contributed by atoms with Gasteiger partial charge in [0.25, 0.3) is 0 Å². The Balaban J connectivity index is 1.33. The van der Waals surface area contributed by atoms with Crippen molar-refractivity contribution in [3.63, 3.8) is 0 Å². The van der Waals surface area contributed by atoms with Gasteiger partial charge in [-0.05, 0) is 103 Å². The third-order valence-electron chi connectivity index (χ3n) is 12.7. The topological polar surface area (TPSA) is 145 Å². The molecule has 4 bridgehead atoms. The van der Waals surface area contributed by atoms with Crippen LogP contribution < -0.4 is 25.3 Å². The van der Waals surface area contributed by atoms with Gasteiger partial charge in [0.1, 0.15) is 48.1 Å². The molecule has 2 aliphatic carbocycles. The number of likely N-dealkylation sites (N-methyl/N-ethyl adjacent to an activating group) is 1. The maximum atomic E-state index is 12.5. The number of ether oxygens (including phenoxy) is 4. The number of benzene rings is 3. The Morgan fingerprint density at radius 3 is 2.79 bits per heavy atom. The number of nitrogens with one attached hydrogen (secondary N) is 1. The van der Waals surface area contributed by atoms with Gasteiger partial charge in [0.05, 0.1) is 19.1 Å². The van der Waals surface area contributed by atoms with E-state index in [0.29, 0.717) is 47.5 Å². The Morgan fingerprint density at radius 2 is 2.00 bits per heavy atom. The molecule has 1 fully saturated rings. The summed E-state index contributed by atoms with van der Waals surface area (Å²) in [4.78, 5) is 17.3. The number of anilines is 1. The summed E-state index contributed by atoms with van der Waals surface area (Å²) in [5, 5.41) is 25.7. The van der Waals surface area contributed by atoms with Crippen LogP contribution in [0, 0.1) is 17.8 Å². The average molecular weight is 754 g/mol. The number of rotatable bonds is 5. The summed E-state index contributed by atoms with van der Waals surface area (Å²) in [6, 6.07) is 11.7. The van der Waals surface area contributed by atoms with Gasteiger partial charge in [-0.2, -0.15) is 0 Å². The van der Waals surface area contributed by atoms with E-state index in [0.717, 1.165) is 87.9 Å². The van der Waals surface area contributed by atoms with Crippen LogP contribution in [0.3, 0.4) is 0 Å². The predicted octanol–water partition coefficient (Wildman–Crippen LogP) is 6.83. The van der Waals surface area contributed by atoms with Gasteiger partial charge in [0.2, 0.25) is 0 Å². The van der Waals surface area contributed by atoms with Crippen LogP contribution in [0.5, 0.6) is 28.7 Å². The van der Waals surface area contributed by atoms with Gasteiger partial charge in [0.15, 0.2) is 11.5 Å². The smallest absolute Gasteiger partial charge is 0.302 e. The molecule has 3 aromatic carbocycles. The number of aromatic nitrogens is 1. The first-order valence-electron chi connectivity index (χ1n) is 19.6. The number of methoxy groups -OCH3 is 1. The van der Waals surface area contributed by atoms with E-state index in [1.54, 1.807) is 19.2 Å². The zero-order valence-corrected chi connectivity index (χ0v) is 32.3. The molecule has 0 saturated heterocycles. The van der Waals surface area contributed by atoms with Crippen LogP contribution in [0.15, 0.2) is 42.5 Å². The van der Waals surface area contributed by atoms with Crippen molar-refractivity contribution in [1.82, 2.24) is 10.3 Å². The zero-order valence-electron chi connectivity index (χ0n) is 32.3. The monoisotopic (exact) mass is 753 g/mol. The molecule has 1 saturated carbocycles. The fourth-order valence-electron chi connectivity index (χ4n) is 10.1. The lowest BCUT2D eigenvalue weighted by molar-refractivity contribution is -0.141. The maximum Gasteiger partial charge on any atom is 0.302 e. The average Bonchev–Trinajstić information content (AvgIpc) is 3.66. The van der Waals surface area contributed by atoms with Crippen molar-refractivity contribution >= 4 is 17.9 Å². The van der Waals surface area contributed by atoms with Gasteiger partial charge < -0.3 is 40.2 Å². The molecule has 3 aliphatic heterocycles. The van der Waals surface area contributed by atoms with E-state index in [1.807, 2.05) is 25.3 Å². The molecule has 5 atom stereocenters. The molecule has 10 nitrogen and oxygen atoms in total. The highest BCUT2D eigenvalue weighted by atomic mass is 16.5. The summed E-state index contributed by atoms with van der Waals surface area (Å²) in [6.45, 7) is 3.94. The van der Waals surface area contributed by atoms with Crippen LogP contribution in [0.25, 0.3) is 17.2 Å². The number of esters is 1. The molecule has 4 aromatic rings. The number of hydrogen-bond donors (Lipinski definition) is 4. The molecule has 0 radical (unpaired) electrons. The second-order valence-electron chi connectivity index (χ2n) is 16.0. The van der Waals surface area contributed by atoms with Gasteiger partial charge in [-0.3, -0.25) is 4.79 Å². The molecule has 1 aromatic heterocycles. The Bertz CT molecular complexity index is 2390. The lowest BCUT2D eigenvalue weighted by atomic mass is 9.65. The van der Waals surface area contributed by atoms with Crippen molar-refractivity contribution < 1.29 is 34.0 Å². The number of pyridine rings is 1. The number of nitrogens with zero attached hydrogens (tertiary/aromatic N) is 1. The number of nitrogen functional groups attached to an aromatic ring is 1. The van der Waals surface area contributed by atoms with Gasteiger partial charge in [-0.1, -0.05) is 37.1 Å². The second kappa shape index (κ2) is 13.8. The standard InChI is InChI=1S/C46H47N3O7/c1-5-26-16-28-15-25-13-14-46(20-25)21-29-17-31(51)19-38(53-4)39(29)33-12-11-32-35(23-54-24(2)50)43(56-44(32)41(33)46)40-27(7-6-8-36(28)49-45(26)47)18-37(52)42-34(40)10-9-30(48-3)22-55-42/h9-12,16-19,25,30,35,43,48,51-52H,5,7,13-15,20-23H2,1-4H3,(H2,47,49). The SMILES string of the molecule is CCc1cc2c(nc1N)C#CCc1cc(O)c3c(c1C1Oc4c(ccc5c4C4(CCC(C2)C4)Cc2cc(O)cc(OC)c2-5)C1COC(C)=O)C=CC(NC)CO3. The Labute approximate surface area is 327 Å². The highest BCUT2D eigenvalue weighted by Crippen LogP contribution is 2.63. The van der Waals surface area contributed by atoms with Crippen molar-refractivity contribution in [3.05, 3.63) is 92.7 Å². The second-order valence-corrected chi connectivity index (χ2v) is 16.0. The fourth-order valence-corrected chi connectivity index (χ4v) is 10.1. The molecule has 10 heteroatoms. The van der Waals surface area contributed by atoms with Crippen LogP contribution >= 0.6 is 0 Å². The summed E-state index contributed by atoms with van der Waals surface area (Å²) in [6.07, 6.45) is 8.75. The lowest BCUT2D eigenvalue weighted by Crippen LogP contribution is -2.31. The van der Waals surface area contributed by atoms with Gasteiger partial charge >= 0.3 is 5.97 Å². The van der Waals surface area contributed by atoms with Crippen LogP contribution in [-0.2, 0) is 40.6 Å². The maximum absolute atomic E-state index is 12.5. The van der Waals surface area contributed by atoms with E-state index >= 15 is 0 Å². The fraction of sp³-hybridized carbons (Fsp3) is 0.391. The van der Waals surface area contributed by atoms with E-state index in [9.17, 15) is 15.0 Å². The summed E-state index contributed by atoms with van der Waals surface area (Å²) in [5.74, 6) is 8.83. The summed E-state index contributed by atoms with van der Waals surface area (Å²) in [5.41, 5.74) is 16.4. The first-order chi connectivity index (χ1) is 27.1. The van der Waals surface area contributed by atoms with Crippen molar-refractivity contribution in [2.24, 2.45) is 5.92 Å². The molecular weight excluding hydrogens is 707 g/mol. The van der Waals surface area contributed by atoms with Gasteiger partial charge in [-0.15, -0.1) is 0 Å². The number of carbonyl (C=O) groups excluding carboxylic acids is 1. The molecule has 9 rings (SSSR count). The molecule has 288 valence electrons. The lowest BCUT2D eigenvalue weighted by Gasteiger charge is -2.39. The summed E-state index contributed by atoms with van der Waals surface area (Å²) in [7, 11) is 3.51. The van der Waals surface area contributed by atoms with Gasteiger partial charge in [0, 0.05) is 52.6 Å². The van der Waals surface area contributed by atoms with E-state index in [4.69, 9.17) is 29.7 Å². The van der Waals surface area contributed by atoms with E-state index in [-0.39, 0.29) is 47.9 Å². The van der Waals surface area contributed by atoms with Crippen molar-refractivity contribution in [3.8, 4) is 51.7 Å². The number of aryl methyl sites for hydroxylation is 1. The van der Waals surface area contributed by atoms with Crippen LogP contribution in [0.1, 0.15) is 95.3 Å². The Morgan fingerprint density at radius 1 is 1.14 bits per heavy atom. The molecular formula is C46H47N3O7. The number of phenolic OH excluding ortho intramolecular Hbond substituents is 2. The Kier molecular flexibility index (Phi) is 8.89. The van der Waals surface area contributed by atoms with Crippen LogP contribution in [-0.4, -0.2) is 54.6 Å². The molecule has 4 heterocycles. The first-order valence-corrected chi connectivity index (χ1v) is 19.6. The van der Waals surface area contributed by atoms with Crippen LogP contribution in [0.2, 0.25) is 0 Å². The molecule has 5 unspecified atom stereocenters. The molecule has 0 amide bonds. The van der Waals surface area contributed by atoms with E-state index in [1.165, 1.54) is 6.92 Å². The minimum Gasteiger partial charge on any atom is -0.508 e. The van der Waals surface area contributed by atoms with Gasteiger partial charge in [-0.25, -0.2) is 4.98 Å². The Hall–Kier alpha value is -5.66. The van der Waals surface area contributed by atoms with E-state index < -0.39 is 6.10 Å². The normalized spacial score (nSPS) is 23.6. The minimum absolute atomic E-state index is 0.0165. The van der Waals surface area contributed by atoms with Crippen molar-refractivity contribution in [1.29, 1.82) is 0 Å². The highest BCUT2D eigenvalue weighted by molar-refractivity contribution is 5.84. The highest BCUT2D eigenvalue weighted by Gasteiger charge is 2.51. The molecule has 1 spiro atoms. The van der Waals surface area contributed by atoms with E-state index in [2.05, 4.69) is 42.3 Å². The zero-order chi connectivity index (χ0) is 38.9.